The van der Waals surface area contributed by atoms with Gasteiger partial charge in [0.05, 0.1) is 18.3 Å². The Morgan fingerprint density at radius 1 is 1.19 bits per heavy atom. The molecular weight excluding hydrogens is 342 g/mol. The van der Waals surface area contributed by atoms with Crippen molar-refractivity contribution in [2.24, 2.45) is 5.41 Å². The van der Waals surface area contributed by atoms with Gasteiger partial charge in [0.2, 0.25) is 0 Å². The third-order valence-corrected chi connectivity index (χ3v) is 5.40. The smallest absolute Gasteiger partial charge is 0.251 e. The lowest BCUT2D eigenvalue weighted by molar-refractivity contribution is -0.0146. The molecule has 1 aliphatic heterocycles. The van der Waals surface area contributed by atoms with Gasteiger partial charge in [0, 0.05) is 42.5 Å². The van der Waals surface area contributed by atoms with Crippen LogP contribution < -0.4 is 5.32 Å². The van der Waals surface area contributed by atoms with Crippen molar-refractivity contribution in [2.75, 3.05) is 26.4 Å². The molecule has 3 heterocycles. The van der Waals surface area contributed by atoms with Crippen LogP contribution in [-0.4, -0.2) is 47.0 Å². The van der Waals surface area contributed by atoms with E-state index < -0.39 is 0 Å². The van der Waals surface area contributed by atoms with E-state index in [2.05, 4.69) is 10.4 Å². The van der Waals surface area contributed by atoms with E-state index in [0.29, 0.717) is 25.3 Å². The molecule has 2 N–H and O–H groups in total. The predicted octanol–water partition coefficient (Wildman–Crippen LogP) is 2.52. The number of carbonyl (C=O) groups excluding carboxylic acids is 1. The lowest BCUT2D eigenvalue weighted by atomic mass is 9.81. The molecule has 4 rings (SSSR count). The minimum atomic E-state index is -0.273. The van der Waals surface area contributed by atoms with Crippen LogP contribution in [0.15, 0.2) is 54.9 Å². The highest BCUT2D eigenvalue weighted by atomic mass is 16.5. The Hall–Kier alpha value is -2.70. The molecule has 0 bridgehead atoms. The van der Waals surface area contributed by atoms with Crippen LogP contribution in [0.1, 0.15) is 23.2 Å². The first kappa shape index (κ1) is 17.7. The summed E-state index contributed by atoms with van der Waals surface area (Å²) in [4.78, 5) is 12.5. The summed E-state index contributed by atoms with van der Waals surface area (Å²) in [6.07, 6.45) is 5.27. The second-order valence-electron chi connectivity index (χ2n) is 7.12. The Balaban J connectivity index is 1.46. The normalized spacial score (nSPS) is 16.3. The van der Waals surface area contributed by atoms with Crippen LogP contribution in [0.3, 0.4) is 0 Å². The zero-order valence-corrected chi connectivity index (χ0v) is 15.1. The average molecular weight is 365 g/mol. The molecule has 0 spiro atoms. The Labute approximate surface area is 157 Å². The van der Waals surface area contributed by atoms with Gasteiger partial charge in [-0.25, -0.2) is 4.52 Å². The van der Waals surface area contributed by atoms with Crippen LogP contribution in [0, 0.1) is 5.41 Å². The Morgan fingerprint density at radius 2 is 1.96 bits per heavy atom. The Bertz CT molecular complexity index is 927. The molecule has 3 aromatic rings. The molecular formula is C21H23N3O3. The van der Waals surface area contributed by atoms with E-state index in [9.17, 15) is 9.90 Å². The van der Waals surface area contributed by atoms with Crippen molar-refractivity contribution in [1.29, 1.82) is 0 Å². The molecule has 0 atom stereocenters. The summed E-state index contributed by atoms with van der Waals surface area (Å²) < 4.78 is 7.20. The molecule has 6 heteroatoms. The van der Waals surface area contributed by atoms with Crippen LogP contribution in [-0.2, 0) is 4.74 Å². The summed E-state index contributed by atoms with van der Waals surface area (Å²) in [7, 11) is 0. The second-order valence-corrected chi connectivity index (χ2v) is 7.12. The number of carbonyl (C=O) groups is 1. The lowest BCUT2D eigenvalue weighted by Gasteiger charge is -2.35. The number of pyridine rings is 1. The first-order valence-electron chi connectivity index (χ1n) is 9.20. The molecule has 1 aromatic carbocycles. The molecule has 0 unspecified atom stereocenters. The van der Waals surface area contributed by atoms with E-state index in [-0.39, 0.29) is 17.9 Å². The number of hydrogen-bond acceptors (Lipinski definition) is 4. The van der Waals surface area contributed by atoms with Crippen LogP contribution in [0.4, 0.5) is 0 Å². The first-order chi connectivity index (χ1) is 13.2. The van der Waals surface area contributed by atoms with Gasteiger partial charge in [-0.2, -0.15) is 5.10 Å². The summed E-state index contributed by atoms with van der Waals surface area (Å²) in [6, 6.07) is 13.5. The van der Waals surface area contributed by atoms with E-state index in [1.165, 1.54) is 0 Å². The number of amides is 1. The second kappa shape index (κ2) is 7.50. The summed E-state index contributed by atoms with van der Waals surface area (Å²) in [6.45, 7) is 1.78. The van der Waals surface area contributed by atoms with Crippen LogP contribution in [0.25, 0.3) is 16.6 Å². The van der Waals surface area contributed by atoms with Crippen molar-refractivity contribution in [1.82, 2.24) is 14.9 Å². The highest BCUT2D eigenvalue weighted by Gasteiger charge is 2.32. The minimum Gasteiger partial charge on any atom is -0.396 e. The third kappa shape index (κ3) is 3.59. The average Bonchev–Trinajstić information content (AvgIpc) is 3.17. The van der Waals surface area contributed by atoms with Crippen molar-refractivity contribution >= 4 is 11.4 Å². The van der Waals surface area contributed by atoms with Gasteiger partial charge < -0.3 is 15.2 Å². The monoisotopic (exact) mass is 365 g/mol. The number of ether oxygens (including phenoxy) is 1. The third-order valence-electron chi connectivity index (χ3n) is 5.40. The largest absolute Gasteiger partial charge is 0.396 e. The standard InChI is InChI=1S/C21H23N3O3/c25-15-21(8-11-27-12-9-21)14-22-20(26)17-6-4-16(5-7-17)18-13-23-24-10-2-1-3-19(18)24/h1-7,10,13,25H,8-9,11-12,14-15H2,(H,22,26). The van der Waals surface area contributed by atoms with Gasteiger partial charge in [-0.05, 0) is 42.7 Å². The maximum absolute atomic E-state index is 12.5. The van der Waals surface area contributed by atoms with E-state index >= 15 is 0 Å². The van der Waals surface area contributed by atoms with Crippen molar-refractivity contribution in [3.8, 4) is 11.1 Å². The number of nitrogens with zero attached hydrogens (tertiary/aromatic N) is 2. The van der Waals surface area contributed by atoms with E-state index in [0.717, 1.165) is 29.5 Å². The van der Waals surface area contributed by atoms with Gasteiger partial charge in [0.25, 0.3) is 5.91 Å². The molecule has 0 saturated carbocycles. The van der Waals surface area contributed by atoms with E-state index in [1.807, 2.05) is 59.4 Å². The van der Waals surface area contributed by atoms with Gasteiger partial charge in [-0.3, -0.25) is 4.79 Å². The molecule has 2 aromatic heterocycles. The maximum Gasteiger partial charge on any atom is 0.251 e. The molecule has 1 amide bonds. The topological polar surface area (TPSA) is 75.9 Å². The molecule has 1 fully saturated rings. The van der Waals surface area contributed by atoms with Crippen molar-refractivity contribution in [3.63, 3.8) is 0 Å². The van der Waals surface area contributed by atoms with Gasteiger partial charge in [-0.15, -0.1) is 0 Å². The summed E-state index contributed by atoms with van der Waals surface area (Å²) in [5, 5.41) is 17.1. The fourth-order valence-corrected chi connectivity index (χ4v) is 3.52. The van der Waals surface area contributed by atoms with Gasteiger partial charge >= 0.3 is 0 Å². The van der Waals surface area contributed by atoms with Gasteiger partial charge in [-0.1, -0.05) is 18.2 Å². The molecule has 140 valence electrons. The lowest BCUT2D eigenvalue weighted by Crippen LogP contribution is -2.43. The van der Waals surface area contributed by atoms with E-state index in [4.69, 9.17) is 4.74 Å². The highest BCUT2D eigenvalue weighted by Crippen LogP contribution is 2.29. The summed E-state index contributed by atoms with van der Waals surface area (Å²) in [5.74, 6) is -0.124. The minimum absolute atomic E-state index is 0.0598. The summed E-state index contributed by atoms with van der Waals surface area (Å²) >= 11 is 0. The number of aliphatic hydroxyl groups is 1. The fraction of sp³-hybridized carbons (Fsp3) is 0.333. The molecule has 1 aliphatic rings. The molecule has 27 heavy (non-hydrogen) atoms. The quantitative estimate of drug-likeness (QED) is 0.728. The zero-order valence-electron chi connectivity index (χ0n) is 15.1. The number of benzene rings is 1. The van der Waals surface area contributed by atoms with E-state index in [1.54, 1.807) is 0 Å². The summed E-state index contributed by atoms with van der Waals surface area (Å²) in [5.41, 5.74) is 3.41. The van der Waals surface area contributed by atoms with Gasteiger partial charge in [0.1, 0.15) is 0 Å². The number of rotatable bonds is 5. The number of aliphatic hydroxyl groups excluding tert-OH is 1. The van der Waals surface area contributed by atoms with Crippen molar-refractivity contribution < 1.29 is 14.6 Å². The van der Waals surface area contributed by atoms with Crippen LogP contribution >= 0.6 is 0 Å². The van der Waals surface area contributed by atoms with Crippen molar-refractivity contribution in [3.05, 3.63) is 60.4 Å². The Kier molecular flexibility index (Phi) is 4.92. The van der Waals surface area contributed by atoms with Gasteiger partial charge in [0.15, 0.2) is 0 Å². The zero-order chi connectivity index (χ0) is 18.7. The van der Waals surface area contributed by atoms with Crippen LogP contribution in [0.5, 0.6) is 0 Å². The number of nitrogens with one attached hydrogen (secondary N) is 1. The molecule has 6 nitrogen and oxygen atoms in total. The Morgan fingerprint density at radius 3 is 2.70 bits per heavy atom. The predicted molar refractivity (Wildman–Crippen MR) is 103 cm³/mol. The highest BCUT2D eigenvalue weighted by molar-refractivity contribution is 5.95. The van der Waals surface area contributed by atoms with Crippen molar-refractivity contribution in [2.45, 2.75) is 12.8 Å². The van der Waals surface area contributed by atoms with Crippen LogP contribution in [0.2, 0.25) is 0 Å². The molecule has 0 radical (unpaired) electrons. The molecule has 0 aliphatic carbocycles. The fourth-order valence-electron chi connectivity index (χ4n) is 3.52. The number of fused-ring (bicyclic) bond motifs is 1. The first-order valence-corrected chi connectivity index (χ1v) is 9.20. The molecule has 1 saturated heterocycles. The SMILES string of the molecule is O=C(NCC1(CO)CCOCC1)c1ccc(-c2cnn3ccccc23)cc1. The number of aromatic nitrogens is 2. The maximum atomic E-state index is 12.5. The number of hydrogen-bond donors (Lipinski definition) is 2.